The number of nitrogens with two attached hydrogens (primary N) is 1. The van der Waals surface area contributed by atoms with Gasteiger partial charge in [0.1, 0.15) is 5.92 Å². The van der Waals surface area contributed by atoms with Crippen LogP contribution >= 0.6 is 11.6 Å². The van der Waals surface area contributed by atoms with Gasteiger partial charge in [0, 0.05) is 5.02 Å². The average Bonchev–Trinajstić information content (AvgIpc) is 2.48. The Morgan fingerprint density at radius 2 is 1.77 bits per heavy atom. The minimum absolute atomic E-state index is 0.268. The van der Waals surface area contributed by atoms with Gasteiger partial charge in [0.15, 0.2) is 0 Å². The minimum Gasteiger partial charge on any atom is -0.465 e. The van der Waals surface area contributed by atoms with Gasteiger partial charge in [-0.3, -0.25) is 9.59 Å². The predicted octanol–water partition coefficient (Wildman–Crippen LogP) is 3.50. The molecular weight excluding hydrogens is 302 g/mol. The summed E-state index contributed by atoms with van der Waals surface area (Å²) in [6.45, 7) is 1.98. The highest BCUT2D eigenvalue weighted by molar-refractivity contribution is 6.30. The van der Waals surface area contributed by atoms with Gasteiger partial charge in [-0.05, 0) is 43.9 Å². The molecule has 0 aliphatic heterocycles. The summed E-state index contributed by atoms with van der Waals surface area (Å²) in [7, 11) is 0. The van der Waals surface area contributed by atoms with E-state index in [4.69, 9.17) is 22.1 Å². The Labute approximate surface area is 137 Å². The molecule has 0 fully saturated rings. The molecule has 0 bridgehead atoms. The van der Waals surface area contributed by atoms with Crippen molar-refractivity contribution in [3.05, 3.63) is 34.9 Å². The molecule has 2 N–H and O–H groups in total. The van der Waals surface area contributed by atoms with Gasteiger partial charge in [0.25, 0.3) is 0 Å². The van der Waals surface area contributed by atoms with Gasteiger partial charge < -0.3 is 10.5 Å². The first-order chi connectivity index (χ1) is 10.5. The van der Waals surface area contributed by atoms with Crippen LogP contribution in [0.2, 0.25) is 5.02 Å². The zero-order valence-corrected chi connectivity index (χ0v) is 13.8. The Morgan fingerprint density at radius 1 is 1.14 bits per heavy atom. The molecule has 0 aromatic heterocycles. The van der Waals surface area contributed by atoms with E-state index in [1.54, 1.807) is 6.92 Å². The Hall–Kier alpha value is -1.55. The van der Waals surface area contributed by atoms with Gasteiger partial charge in [0.2, 0.25) is 5.91 Å². The normalized spacial score (nSPS) is 11.9. The van der Waals surface area contributed by atoms with Crippen LogP contribution in [0.5, 0.6) is 0 Å². The molecule has 0 saturated heterocycles. The maximum atomic E-state index is 11.6. The van der Waals surface area contributed by atoms with Gasteiger partial charge in [0.05, 0.1) is 6.61 Å². The van der Waals surface area contributed by atoms with E-state index in [1.165, 1.54) is 5.56 Å². The molecule has 1 rings (SSSR count). The second kappa shape index (κ2) is 10.2. The van der Waals surface area contributed by atoms with E-state index >= 15 is 0 Å². The third-order valence-electron chi connectivity index (χ3n) is 3.54. The minimum atomic E-state index is -0.809. The van der Waals surface area contributed by atoms with Crippen molar-refractivity contribution in [3.63, 3.8) is 0 Å². The monoisotopic (exact) mass is 325 g/mol. The Balaban J connectivity index is 2.19. The van der Waals surface area contributed by atoms with E-state index in [9.17, 15) is 9.59 Å². The largest absolute Gasteiger partial charge is 0.465 e. The number of benzene rings is 1. The summed E-state index contributed by atoms with van der Waals surface area (Å²) in [6.07, 6.45) is 5.37. The van der Waals surface area contributed by atoms with Crippen LogP contribution in [-0.4, -0.2) is 18.5 Å². The highest BCUT2D eigenvalue weighted by Crippen LogP contribution is 2.15. The Bertz CT molecular complexity index is 473. The maximum Gasteiger partial charge on any atom is 0.318 e. The molecule has 0 spiro atoms. The topological polar surface area (TPSA) is 69.4 Å². The Kier molecular flexibility index (Phi) is 8.60. The number of aryl methyl sites for hydroxylation is 1. The number of rotatable bonds is 10. The molecule has 1 aromatic rings. The standard InChI is InChI=1S/C17H24ClNO3/c1-2-22-17(21)15(16(19)20)8-6-4-3-5-7-13-9-11-14(18)12-10-13/h9-12,15H,2-8H2,1H3,(H2,19,20). The van der Waals surface area contributed by atoms with Crippen LogP contribution in [-0.2, 0) is 20.7 Å². The summed E-state index contributed by atoms with van der Waals surface area (Å²) in [5.41, 5.74) is 6.52. The number of unbranched alkanes of at least 4 members (excludes halogenated alkanes) is 3. The van der Waals surface area contributed by atoms with Crippen molar-refractivity contribution in [1.29, 1.82) is 0 Å². The first-order valence-electron chi connectivity index (χ1n) is 7.75. The van der Waals surface area contributed by atoms with E-state index < -0.39 is 17.8 Å². The van der Waals surface area contributed by atoms with Crippen LogP contribution in [0.4, 0.5) is 0 Å². The SMILES string of the molecule is CCOC(=O)C(CCCCCCc1ccc(Cl)cc1)C(N)=O. The third-order valence-corrected chi connectivity index (χ3v) is 3.79. The lowest BCUT2D eigenvalue weighted by atomic mass is 9.99. The van der Waals surface area contributed by atoms with Crippen LogP contribution in [0.1, 0.15) is 44.6 Å². The molecule has 4 nitrogen and oxygen atoms in total. The molecule has 0 heterocycles. The van der Waals surface area contributed by atoms with Crippen molar-refractivity contribution in [2.45, 2.75) is 45.4 Å². The molecule has 22 heavy (non-hydrogen) atoms. The predicted molar refractivity (Wildman–Crippen MR) is 87.6 cm³/mol. The maximum absolute atomic E-state index is 11.6. The number of hydrogen-bond acceptors (Lipinski definition) is 3. The number of primary amides is 1. The van der Waals surface area contributed by atoms with E-state index in [2.05, 4.69) is 0 Å². The van der Waals surface area contributed by atoms with Gasteiger partial charge in [-0.1, -0.05) is 43.0 Å². The summed E-state index contributed by atoms with van der Waals surface area (Å²) >= 11 is 5.84. The van der Waals surface area contributed by atoms with Crippen molar-refractivity contribution in [1.82, 2.24) is 0 Å². The highest BCUT2D eigenvalue weighted by Gasteiger charge is 2.24. The third kappa shape index (κ3) is 6.94. The molecule has 1 atom stereocenters. The van der Waals surface area contributed by atoms with Gasteiger partial charge in [-0.25, -0.2) is 0 Å². The molecule has 0 radical (unpaired) electrons. The number of ether oxygens (including phenoxy) is 1. The van der Waals surface area contributed by atoms with Crippen molar-refractivity contribution < 1.29 is 14.3 Å². The molecule has 1 aromatic carbocycles. The van der Waals surface area contributed by atoms with Gasteiger partial charge >= 0.3 is 5.97 Å². The van der Waals surface area contributed by atoms with Crippen LogP contribution in [0.3, 0.4) is 0 Å². The van der Waals surface area contributed by atoms with Crippen molar-refractivity contribution >= 4 is 23.5 Å². The van der Waals surface area contributed by atoms with E-state index in [-0.39, 0.29) is 6.61 Å². The lowest BCUT2D eigenvalue weighted by molar-refractivity contribution is -0.151. The van der Waals surface area contributed by atoms with Crippen LogP contribution in [0.25, 0.3) is 0 Å². The van der Waals surface area contributed by atoms with E-state index in [0.717, 1.165) is 37.1 Å². The first-order valence-corrected chi connectivity index (χ1v) is 8.12. The zero-order chi connectivity index (χ0) is 16.4. The highest BCUT2D eigenvalue weighted by atomic mass is 35.5. The quantitative estimate of drug-likeness (QED) is 0.406. The number of amides is 1. The number of carbonyl (C=O) groups excluding carboxylic acids is 2. The summed E-state index contributed by atoms with van der Waals surface area (Å²) in [6, 6.07) is 7.86. The zero-order valence-electron chi connectivity index (χ0n) is 13.0. The number of esters is 1. The summed E-state index contributed by atoms with van der Waals surface area (Å²) in [5.74, 6) is -1.91. The van der Waals surface area contributed by atoms with Crippen LogP contribution < -0.4 is 5.73 Å². The lowest BCUT2D eigenvalue weighted by Crippen LogP contribution is -2.31. The first kappa shape index (κ1) is 18.5. The smallest absolute Gasteiger partial charge is 0.318 e. The van der Waals surface area contributed by atoms with E-state index in [0.29, 0.717) is 6.42 Å². The molecule has 0 aliphatic rings. The van der Waals surface area contributed by atoms with Crippen molar-refractivity contribution in [3.8, 4) is 0 Å². The second-order valence-corrected chi connectivity index (χ2v) is 5.72. The molecular formula is C17H24ClNO3. The van der Waals surface area contributed by atoms with Gasteiger partial charge in [-0.2, -0.15) is 0 Å². The fourth-order valence-corrected chi connectivity index (χ4v) is 2.43. The average molecular weight is 326 g/mol. The van der Waals surface area contributed by atoms with E-state index in [1.807, 2.05) is 24.3 Å². The summed E-state index contributed by atoms with van der Waals surface area (Å²) in [5, 5.41) is 0.750. The molecule has 0 saturated carbocycles. The number of carbonyl (C=O) groups is 2. The van der Waals surface area contributed by atoms with Crippen molar-refractivity contribution in [2.24, 2.45) is 11.7 Å². The van der Waals surface area contributed by atoms with Crippen LogP contribution in [0, 0.1) is 5.92 Å². The lowest BCUT2D eigenvalue weighted by Gasteiger charge is -2.11. The molecule has 5 heteroatoms. The molecule has 122 valence electrons. The summed E-state index contributed by atoms with van der Waals surface area (Å²) < 4.78 is 4.86. The summed E-state index contributed by atoms with van der Waals surface area (Å²) in [4.78, 5) is 22.8. The fourth-order valence-electron chi connectivity index (χ4n) is 2.30. The van der Waals surface area contributed by atoms with Gasteiger partial charge in [-0.15, -0.1) is 0 Å². The number of hydrogen-bond donors (Lipinski definition) is 1. The molecule has 1 unspecified atom stereocenters. The fraction of sp³-hybridized carbons (Fsp3) is 0.529. The number of halogens is 1. The molecule has 0 aliphatic carbocycles. The van der Waals surface area contributed by atoms with Crippen molar-refractivity contribution in [2.75, 3.05) is 6.61 Å². The van der Waals surface area contributed by atoms with Crippen LogP contribution in [0.15, 0.2) is 24.3 Å². The molecule has 1 amide bonds. The second-order valence-electron chi connectivity index (χ2n) is 5.29. The Morgan fingerprint density at radius 3 is 2.36 bits per heavy atom.